The molecular weight excluding hydrogens is 416 g/mol. The van der Waals surface area contributed by atoms with E-state index in [1.807, 2.05) is 35.2 Å². The lowest BCUT2D eigenvalue weighted by molar-refractivity contribution is -0.116. The smallest absolute Gasteiger partial charge is 0.238 e. The first-order valence-electron chi connectivity index (χ1n) is 11.9. The van der Waals surface area contributed by atoms with E-state index in [4.69, 9.17) is 0 Å². The van der Waals surface area contributed by atoms with Gasteiger partial charge in [-0.15, -0.1) is 11.8 Å². The first-order chi connectivity index (χ1) is 15.5. The van der Waals surface area contributed by atoms with Crippen molar-refractivity contribution in [1.29, 1.82) is 0 Å². The minimum Gasteiger partial charge on any atom is -0.326 e. The van der Waals surface area contributed by atoms with E-state index < -0.39 is 0 Å². The first-order valence-corrected chi connectivity index (χ1v) is 12.9. The normalized spacial score (nSPS) is 15.9. The molecule has 1 heterocycles. The van der Waals surface area contributed by atoms with Crippen molar-refractivity contribution in [2.24, 2.45) is 0 Å². The molecule has 0 bridgehead atoms. The van der Waals surface area contributed by atoms with Gasteiger partial charge in [0.2, 0.25) is 11.8 Å². The zero-order valence-corrected chi connectivity index (χ0v) is 20.5. The molecule has 0 unspecified atom stereocenters. The van der Waals surface area contributed by atoms with Crippen molar-refractivity contribution >= 4 is 35.0 Å². The first kappa shape index (κ1) is 24.4. The number of aryl methyl sites for hydroxylation is 2. The third-order valence-electron chi connectivity index (χ3n) is 6.12. The van der Waals surface area contributed by atoms with Gasteiger partial charge >= 0.3 is 0 Å². The fourth-order valence-electron chi connectivity index (χ4n) is 4.02. The zero-order chi connectivity index (χ0) is 22.9. The Morgan fingerprint density at radius 1 is 0.969 bits per heavy atom. The van der Waals surface area contributed by atoms with E-state index in [0.29, 0.717) is 12.2 Å². The van der Waals surface area contributed by atoms with Crippen LogP contribution in [0.2, 0.25) is 0 Å². The highest BCUT2D eigenvalue weighted by molar-refractivity contribution is 8.00. The van der Waals surface area contributed by atoms with E-state index >= 15 is 0 Å². The van der Waals surface area contributed by atoms with Gasteiger partial charge in [-0.3, -0.25) is 14.5 Å². The number of hydrogen-bond acceptors (Lipinski definition) is 3. The van der Waals surface area contributed by atoms with Crippen LogP contribution >= 0.6 is 11.8 Å². The van der Waals surface area contributed by atoms with Gasteiger partial charge in [-0.25, -0.2) is 0 Å². The molecule has 0 saturated carbocycles. The Morgan fingerprint density at radius 2 is 1.66 bits per heavy atom. The van der Waals surface area contributed by atoms with Crippen LogP contribution in [0.25, 0.3) is 0 Å². The summed E-state index contributed by atoms with van der Waals surface area (Å²) in [5.74, 6) is 0.693. The van der Waals surface area contributed by atoms with E-state index in [9.17, 15) is 9.59 Å². The molecule has 2 amide bonds. The minimum absolute atomic E-state index is 0.0398. The van der Waals surface area contributed by atoms with Crippen molar-refractivity contribution in [3.63, 3.8) is 0 Å². The highest BCUT2D eigenvalue weighted by Gasteiger charge is 2.34. The molecule has 1 fully saturated rings. The van der Waals surface area contributed by atoms with Crippen molar-refractivity contribution in [2.75, 3.05) is 16.0 Å². The van der Waals surface area contributed by atoms with Gasteiger partial charge in [0.15, 0.2) is 0 Å². The number of carbonyl (C=O) groups is 2. The predicted octanol–water partition coefficient (Wildman–Crippen LogP) is 7.16. The number of anilines is 2. The molecule has 32 heavy (non-hydrogen) atoms. The third kappa shape index (κ3) is 6.61. The standard InChI is InChI=1S/C27H36N2O2S/c1-4-5-6-7-8-9-10-11-25(30)28-23-15-13-22(14-16-23)27-29(26(31)19-32-27)24-17-12-20(2)21(3)18-24/h12-18,27H,4-11,19H2,1-3H3,(H,28,30)/t27-/m0/s1. The van der Waals surface area contributed by atoms with Gasteiger partial charge in [0, 0.05) is 17.8 Å². The number of amides is 2. The van der Waals surface area contributed by atoms with Gasteiger partial charge in [-0.1, -0.05) is 63.6 Å². The molecule has 0 radical (unpaired) electrons. The van der Waals surface area contributed by atoms with Gasteiger partial charge in [0.05, 0.1) is 5.75 Å². The molecule has 0 spiro atoms. The summed E-state index contributed by atoms with van der Waals surface area (Å²) in [4.78, 5) is 26.8. The second kappa shape index (κ2) is 12.1. The van der Waals surface area contributed by atoms with Crippen LogP contribution in [-0.2, 0) is 9.59 Å². The maximum Gasteiger partial charge on any atom is 0.238 e. The number of hydrogen-bond donors (Lipinski definition) is 1. The van der Waals surface area contributed by atoms with Gasteiger partial charge < -0.3 is 5.32 Å². The van der Waals surface area contributed by atoms with Crippen LogP contribution in [0.15, 0.2) is 42.5 Å². The van der Waals surface area contributed by atoms with Crippen LogP contribution in [0.3, 0.4) is 0 Å². The lowest BCUT2D eigenvalue weighted by atomic mass is 10.1. The van der Waals surface area contributed by atoms with Crippen molar-refractivity contribution in [1.82, 2.24) is 0 Å². The molecule has 1 N–H and O–H groups in total. The molecule has 2 aromatic carbocycles. The number of nitrogens with one attached hydrogen (secondary N) is 1. The topological polar surface area (TPSA) is 49.4 Å². The zero-order valence-electron chi connectivity index (χ0n) is 19.7. The Hall–Kier alpha value is -2.27. The molecule has 0 aliphatic carbocycles. The average Bonchev–Trinajstić information content (AvgIpc) is 3.17. The second-order valence-electron chi connectivity index (χ2n) is 8.74. The van der Waals surface area contributed by atoms with E-state index in [-0.39, 0.29) is 17.2 Å². The van der Waals surface area contributed by atoms with E-state index in [1.165, 1.54) is 43.2 Å². The number of rotatable bonds is 11. The Balaban J connectivity index is 1.53. The fourth-order valence-corrected chi connectivity index (χ4v) is 5.20. The monoisotopic (exact) mass is 452 g/mol. The molecule has 5 heteroatoms. The predicted molar refractivity (Wildman–Crippen MR) is 136 cm³/mol. The maximum atomic E-state index is 12.6. The van der Waals surface area contributed by atoms with E-state index in [0.717, 1.165) is 29.8 Å². The summed E-state index contributed by atoms with van der Waals surface area (Å²) < 4.78 is 0. The Morgan fingerprint density at radius 3 is 2.34 bits per heavy atom. The molecule has 1 atom stereocenters. The highest BCUT2D eigenvalue weighted by atomic mass is 32.2. The number of carbonyl (C=O) groups excluding carboxylic acids is 2. The molecular formula is C27H36N2O2S. The molecule has 4 nitrogen and oxygen atoms in total. The Kier molecular flexibility index (Phi) is 9.22. The summed E-state index contributed by atoms with van der Waals surface area (Å²) in [6.07, 6.45) is 9.02. The summed E-state index contributed by atoms with van der Waals surface area (Å²) in [6.45, 7) is 6.38. The average molecular weight is 453 g/mol. The number of unbranched alkanes of at least 4 members (excludes halogenated alkanes) is 6. The Labute approximate surface area is 197 Å². The number of thioether (sulfide) groups is 1. The van der Waals surface area contributed by atoms with Crippen LogP contribution in [-0.4, -0.2) is 17.6 Å². The molecule has 0 aromatic heterocycles. The molecule has 172 valence electrons. The van der Waals surface area contributed by atoms with Crippen molar-refractivity contribution in [3.8, 4) is 0 Å². The lowest BCUT2D eigenvalue weighted by Gasteiger charge is -2.25. The van der Waals surface area contributed by atoms with Crippen LogP contribution in [0, 0.1) is 13.8 Å². The largest absolute Gasteiger partial charge is 0.326 e. The molecule has 1 saturated heterocycles. The Bertz CT molecular complexity index is 910. The number of benzene rings is 2. The van der Waals surface area contributed by atoms with Crippen molar-refractivity contribution < 1.29 is 9.59 Å². The minimum atomic E-state index is -0.0398. The molecule has 3 rings (SSSR count). The van der Waals surface area contributed by atoms with Gasteiger partial charge in [0.25, 0.3) is 0 Å². The van der Waals surface area contributed by atoms with Crippen LogP contribution in [0.1, 0.15) is 80.4 Å². The summed E-state index contributed by atoms with van der Waals surface area (Å²) in [5.41, 5.74) is 5.24. The summed E-state index contributed by atoms with van der Waals surface area (Å²) in [5, 5.41) is 2.97. The van der Waals surface area contributed by atoms with Gasteiger partial charge in [0.1, 0.15) is 5.37 Å². The fraction of sp³-hybridized carbons (Fsp3) is 0.481. The SMILES string of the molecule is CCCCCCCCCC(=O)Nc1ccc([C@@H]2SCC(=O)N2c2ccc(C)c(C)c2)cc1. The van der Waals surface area contributed by atoms with Crippen LogP contribution in [0.4, 0.5) is 11.4 Å². The second-order valence-corrected chi connectivity index (χ2v) is 9.81. The van der Waals surface area contributed by atoms with Gasteiger partial charge in [-0.05, 0) is 61.2 Å². The maximum absolute atomic E-state index is 12.6. The third-order valence-corrected chi connectivity index (χ3v) is 7.34. The van der Waals surface area contributed by atoms with Crippen molar-refractivity contribution in [3.05, 3.63) is 59.2 Å². The highest BCUT2D eigenvalue weighted by Crippen LogP contribution is 2.42. The van der Waals surface area contributed by atoms with Crippen LogP contribution < -0.4 is 10.2 Å². The van der Waals surface area contributed by atoms with Crippen LogP contribution in [0.5, 0.6) is 0 Å². The molecule has 1 aliphatic heterocycles. The summed E-state index contributed by atoms with van der Waals surface area (Å²) in [7, 11) is 0. The van der Waals surface area contributed by atoms with E-state index in [2.05, 4.69) is 38.2 Å². The van der Waals surface area contributed by atoms with Crippen molar-refractivity contribution in [2.45, 2.75) is 77.5 Å². The molecule has 2 aromatic rings. The quantitative estimate of drug-likeness (QED) is 0.368. The lowest BCUT2D eigenvalue weighted by Crippen LogP contribution is -2.27. The van der Waals surface area contributed by atoms with E-state index in [1.54, 1.807) is 11.8 Å². The number of nitrogens with zero attached hydrogens (tertiary/aromatic N) is 1. The summed E-state index contributed by atoms with van der Waals surface area (Å²) in [6, 6.07) is 14.1. The summed E-state index contributed by atoms with van der Waals surface area (Å²) >= 11 is 1.65. The van der Waals surface area contributed by atoms with Gasteiger partial charge in [-0.2, -0.15) is 0 Å². The molecule has 1 aliphatic rings.